The van der Waals surface area contributed by atoms with Crippen molar-refractivity contribution >= 4 is 6.16 Å². The SMILES string of the molecule is Cc1cn([C@@H]2O[C@H](COC(c3ccccc3)(c3ccccc3)c3ccccc3)[C@H]3OC(=O)O[C@H]32)c(=O)[nH]c1=O. The summed E-state index contributed by atoms with van der Waals surface area (Å²) in [7, 11) is 0. The van der Waals surface area contributed by atoms with E-state index in [1.807, 2.05) is 91.0 Å². The van der Waals surface area contributed by atoms with Gasteiger partial charge in [0.25, 0.3) is 5.56 Å². The summed E-state index contributed by atoms with van der Waals surface area (Å²) in [4.78, 5) is 39.0. The van der Waals surface area contributed by atoms with Gasteiger partial charge < -0.3 is 18.9 Å². The second kappa shape index (κ2) is 10.0. The van der Waals surface area contributed by atoms with Crippen LogP contribution in [0.2, 0.25) is 0 Å². The Morgan fingerprint density at radius 3 is 1.85 bits per heavy atom. The predicted octanol–water partition coefficient (Wildman–Crippen LogP) is 3.66. The summed E-state index contributed by atoms with van der Waals surface area (Å²) in [6, 6.07) is 29.6. The summed E-state index contributed by atoms with van der Waals surface area (Å²) in [6.45, 7) is 1.58. The minimum atomic E-state index is -1.02. The van der Waals surface area contributed by atoms with Crippen LogP contribution in [0.15, 0.2) is 107 Å². The van der Waals surface area contributed by atoms with Crippen molar-refractivity contribution < 1.29 is 23.7 Å². The highest BCUT2D eigenvalue weighted by molar-refractivity contribution is 5.63. The first-order valence-electron chi connectivity index (χ1n) is 12.6. The maximum absolute atomic E-state index is 12.6. The van der Waals surface area contributed by atoms with Crippen LogP contribution in [0.4, 0.5) is 4.79 Å². The van der Waals surface area contributed by atoms with E-state index in [2.05, 4.69) is 4.98 Å². The van der Waals surface area contributed by atoms with Gasteiger partial charge in [-0.25, -0.2) is 9.59 Å². The number of aromatic amines is 1. The van der Waals surface area contributed by atoms with Crippen molar-refractivity contribution in [2.45, 2.75) is 37.1 Å². The predicted molar refractivity (Wildman–Crippen MR) is 140 cm³/mol. The molecule has 9 nitrogen and oxygen atoms in total. The molecule has 0 saturated carbocycles. The third kappa shape index (κ3) is 4.35. The van der Waals surface area contributed by atoms with E-state index in [4.69, 9.17) is 18.9 Å². The number of fused-ring (bicyclic) bond motifs is 1. The van der Waals surface area contributed by atoms with E-state index in [-0.39, 0.29) is 6.61 Å². The molecule has 4 aromatic rings. The molecule has 6 rings (SSSR count). The van der Waals surface area contributed by atoms with Crippen LogP contribution in [-0.4, -0.2) is 40.6 Å². The molecule has 3 heterocycles. The van der Waals surface area contributed by atoms with Crippen molar-refractivity contribution in [3.8, 4) is 0 Å². The Balaban J connectivity index is 1.40. The quantitative estimate of drug-likeness (QED) is 0.289. The number of nitrogens with one attached hydrogen (secondary N) is 1. The van der Waals surface area contributed by atoms with Gasteiger partial charge in [0, 0.05) is 11.8 Å². The van der Waals surface area contributed by atoms with Gasteiger partial charge in [-0.1, -0.05) is 91.0 Å². The smallest absolute Gasteiger partial charge is 0.424 e. The van der Waals surface area contributed by atoms with E-state index >= 15 is 0 Å². The molecule has 0 radical (unpaired) electrons. The molecule has 3 aromatic carbocycles. The lowest BCUT2D eigenvalue weighted by atomic mass is 9.80. The average molecular weight is 527 g/mol. The fraction of sp³-hybridized carbons (Fsp3) is 0.233. The molecule has 0 aliphatic carbocycles. The van der Waals surface area contributed by atoms with E-state index < -0.39 is 47.5 Å². The standard InChI is InChI=1S/C30H26N2O7/c1-19-17-32(28(34)31-26(19)33)27-25-24(38-29(35)39-25)23(37-27)18-36-30(20-11-5-2-6-12-20,21-13-7-3-8-14-21)22-15-9-4-10-16-22/h2-17,23-25,27H,18H2,1H3,(H,31,33,34)/t23-,24-,25-,27-/m1/s1. The average Bonchev–Trinajstić information content (AvgIpc) is 3.50. The van der Waals surface area contributed by atoms with E-state index in [1.54, 1.807) is 6.92 Å². The molecule has 1 N–H and O–H groups in total. The van der Waals surface area contributed by atoms with Gasteiger partial charge in [-0.3, -0.25) is 14.3 Å². The van der Waals surface area contributed by atoms with Gasteiger partial charge in [0.15, 0.2) is 18.4 Å². The van der Waals surface area contributed by atoms with Crippen molar-refractivity contribution in [2.75, 3.05) is 6.61 Å². The van der Waals surface area contributed by atoms with Crippen molar-refractivity contribution in [1.82, 2.24) is 9.55 Å². The topological polar surface area (TPSA) is 109 Å². The minimum Gasteiger partial charge on any atom is -0.424 e. The third-order valence-corrected chi connectivity index (χ3v) is 7.18. The first kappa shape index (κ1) is 24.8. The third-order valence-electron chi connectivity index (χ3n) is 7.18. The normalized spacial score (nSPS) is 22.2. The number of nitrogens with zero attached hydrogens (tertiary/aromatic N) is 1. The van der Waals surface area contributed by atoms with Gasteiger partial charge in [-0.2, -0.15) is 0 Å². The molecule has 0 spiro atoms. The van der Waals surface area contributed by atoms with E-state index in [0.29, 0.717) is 5.56 Å². The number of aryl methyl sites for hydroxylation is 1. The summed E-state index contributed by atoms with van der Waals surface area (Å²) >= 11 is 0. The molecule has 2 fully saturated rings. The zero-order chi connectivity index (χ0) is 27.0. The molecule has 2 aliphatic rings. The number of hydrogen-bond acceptors (Lipinski definition) is 7. The van der Waals surface area contributed by atoms with Crippen molar-refractivity contribution in [1.29, 1.82) is 0 Å². The van der Waals surface area contributed by atoms with Crippen LogP contribution in [0.25, 0.3) is 0 Å². The first-order chi connectivity index (χ1) is 19.0. The number of rotatable bonds is 7. The Kier molecular flexibility index (Phi) is 6.38. The Labute approximate surface area is 223 Å². The van der Waals surface area contributed by atoms with Gasteiger partial charge in [0.1, 0.15) is 11.7 Å². The Morgan fingerprint density at radius 1 is 0.795 bits per heavy atom. The minimum absolute atomic E-state index is 0.00404. The molecule has 4 atom stereocenters. The first-order valence-corrected chi connectivity index (χ1v) is 12.6. The summed E-state index contributed by atoms with van der Waals surface area (Å²) in [5, 5.41) is 0. The summed E-state index contributed by atoms with van der Waals surface area (Å²) < 4.78 is 25.2. The van der Waals surface area contributed by atoms with Gasteiger partial charge in [-0.15, -0.1) is 0 Å². The van der Waals surface area contributed by atoms with E-state index in [0.717, 1.165) is 16.7 Å². The monoisotopic (exact) mass is 526 g/mol. The highest BCUT2D eigenvalue weighted by Gasteiger charge is 2.56. The Hall–Kier alpha value is -4.47. The summed E-state index contributed by atoms with van der Waals surface area (Å²) in [6.07, 6.45) is -2.94. The second-order valence-electron chi connectivity index (χ2n) is 9.55. The molecular weight excluding hydrogens is 500 g/mol. The lowest BCUT2D eigenvalue weighted by Gasteiger charge is -2.37. The number of H-pyrrole nitrogens is 1. The van der Waals surface area contributed by atoms with Gasteiger partial charge in [0.2, 0.25) is 0 Å². The van der Waals surface area contributed by atoms with Gasteiger partial charge in [-0.05, 0) is 23.6 Å². The number of hydrogen-bond donors (Lipinski definition) is 1. The van der Waals surface area contributed by atoms with Crippen LogP contribution < -0.4 is 11.2 Å². The molecule has 2 saturated heterocycles. The molecule has 2 aliphatic heterocycles. The summed E-state index contributed by atoms with van der Waals surface area (Å²) in [5.41, 5.74) is 0.836. The van der Waals surface area contributed by atoms with Crippen molar-refractivity contribution in [3.05, 3.63) is 140 Å². The maximum atomic E-state index is 12.6. The molecule has 0 amide bonds. The van der Waals surface area contributed by atoms with Gasteiger partial charge >= 0.3 is 11.8 Å². The van der Waals surface area contributed by atoms with Crippen LogP contribution in [0, 0.1) is 6.92 Å². The lowest BCUT2D eigenvalue weighted by molar-refractivity contribution is -0.106. The van der Waals surface area contributed by atoms with Crippen LogP contribution in [0.1, 0.15) is 28.5 Å². The van der Waals surface area contributed by atoms with E-state index in [9.17, 15) is 14.4 Å². The zero-order valence-electron chi connectivity index (χ0n) is 21.1. The number of carbonyl (C=O) groups is 1. The fourth-order valence-corrected chi connectivity index (χ4v) is 5.33. The second-order valence-corrected chi connectivity index (χ2v) is 9.55. The van der Waals surface area contributed by atoms with Crippen molar-refractivity contribution in [2.24, 2.45) is 0 Å². The van der Waals surface area contributed by atoms with Gasteiger partial charge in [0.05, 0.1) is 6.61 Å². The van der Waals surface area contributed by atoms with E-state index in [1.165, 1.54) is 10.8 Å². The fourth-order valence-electron chi connectivity index (χ4n) is 5.33. The molecule has 39 heavy (non-hydrogen) atoms. The maximum Gasteiger partial charge on any atom is 0.509 e. The molecule has 198 valence electrons. The number of aromatic nitrogens is 2. The van der Waals surface area contributed by atoms with Crippen molar-refractivity contribution in [3.63, 3.8) is 0 Å². The van der Waals surface area contributed by atoms with Crippen LogP contribution >= 0.6 is 0 Å². The Morgan fingerprint density at radius 2 is 1.31 bits per heavy atom. The number of carbonyl (C=O) groups excluding carboxylic acids is 1. The Bertz CT molecular complexity index is 1490. The zero-order valence-corrected chi connectivity index (χ0v) is 21.1. The molecule has 1 aromatic heterocycles. The molecule has 0 unspecified atom stereocenters. The van der Waals surface area contributed by atoms with Crippen LogP contribution in [0.5, 0.6) is 0 Å². The molecule has 0 bridgehead atoms. The lowest BCUT2D eigenvalue weighted by Crippen LogP contribution is -2.39. The largest absolute Gasteiger partial charge is 0.509 e. The highest BCUT2D eigenvalue weighted by Crippen LogP contribution is 2.43. The van der Waals surface area contributed by atoms with Crippen LogP contribution in [-0.2, 0) is 24.5 Å². The highest BCUT2D eigenvalue weighted by atomic mass is 16.8. The number of ether oxygens (including phenoxy) is 4. The summed E-state index contributed by atoms with van der Waals surface area (Å²) in [5.74, 6) is 0. The molecule has 9 heteroatoms. The number of benzene rings is 3. The van der Waals surface area contributed by atoms with Crippen LogP contribution in [0.3, 0.4) is 0 Å². The molecular formula is C30H26N2O7.